The average Bonchev–Trinajstić information content (AvgIpc) is 2.73. The van der Waals surface area contributed by atoms with Gasteiger partial charge < -0.3 is 14.7 Å². The number of likely N-dealkylation sites (N-methyl/N-ethyl adjacent to an activating group) is 1. The standard InChI is InChI=1S/C11H17NO4/c1-3-4-5-10(13)12(2)9-7-16-6-8(9)11(14)15/h3,8-9H,1,4-7H2,2H3,(H,14,15). The SMILES string of the molecule is C=CCCC(=O)N(C)C1COCC1C(=O)O. The Morgan fingerprint density at radius 2 is 2.25 bits per heavy atom. The average molecular weight is 227 g/mol. The Kier molecular flexibility index (Phi) is 4.49. The highest BCUT2D eigenvalue weighted by Crippen LogP contribution is 2.19. The van der Waals surface area contributed by atoms with Crippen LogP contribution < -0.4 is 0 Å². The molecule has 1 fully saturated rings. The number of rotatable bonds is 5. The van der Waals surface area contributed by atoms with E-state index in [1.54, 1.807) is 13.1 Å². The van der Waals surface area contributed by atoms with Crippen LogP contribution in [0.5, 0.6) is 0 Å². The van der Waals surface area contributed by atoms with Gasteiger partial charge in [0.2, 0.25) is 5.91 Å². The fraction of sp³-hybridized carbons (Fsp3) is 0.636. The van der Waals surface area contributed by atoms with Crippen molar-refractivity contribution in [3.63, 3.8) is 0 Å². The van der Waals surface area contributed by atoms with Crippen molar-refractivity contribution >= 4 is 11.9 Å². The molecule has 0 aromatic heterocycles. The second kappa shape index (κ2) is 5.65. The molecule has 0 bridgehead atoms. The summed E-state index contributed by atoms with van der Waals surface area (Å²) in [4.78, 5) is 24.1. The number of carbonyl (C=O) groups is 2. The molecule has 1 amide bonds. The first-order chi connectivity index (χ1) is 7.57. The number of carboxylic acids is 1. The van der Waals surface area contributed by atoms with Crippen molar-refractivity contribution in [3.8, 4) is 0 Å². The van der Waals surface area contributed by atoms with Gasteiger partial charge in [0.1, 0.15) is 5.92 Å². The second-order valence-corrected chi connectivity index (χ2v) is 3.88. The van der Waals surface area contributed by atoms with Gasteiger partial charge in [0.25, 0.3) is 0 Å². The van der Waals surface area contributed by atoms with Crippen LogP contribution in [0.1, 0.15) is 12.8 Å². The predicted molar refractivity (Wildman–Crippen MR) is 57.9 cm³/mol. The summed E-state index contributed by atoms with van der Waals surface area (Å²) < 4.78 is 5.11. The van der Waals surface area contributed by atoms with E-state index in [0.29, 0.717) is 19.4 Å². The minimum atomic E-state index is -0.911. The Morgan fingerprint density at radius 1 is 1.56 bits per heavy atom. The van der Waals surface area contributed by atoms with Crippen LogP contribution >= 0.6 is 0 Å². The van der Waals surface area contributed by atoms with E-state index >= 15 is 0 Å². The molecule has 0 aromatic carbocycles. The van der Waals surface area contributed by atoms with Crippen molar-refractivity contribution < 1.29 is 19.4 Å². The van der Waals surface area contributed by atoms with Crippen LogP contribution in [0.4, 0.5) is 0 Å². The van der Waals surface area contributed by atoms with Crippen LogP contribution in [0, 0.1) is 5.92 Å². The Balaban J connectivity index is 2.58. The number of amides is 1. The van der Waals surface area contributed by atoms with Gasteiger partial charge >= 0.3 is 5.97 Å². The molecule has 1 saturated heterocycles. The summed E-state index contributed by atoms with van der Waals surface area (Å²) in [5.74, 6) is -1.59. The van der Waals surface area contributed by atoms with Gasteiger partial charge in [0.15, 0.2) is 0 Å². The molecule has 90 valence electrons. The molecule has 2 atom stereocenters. The third-order valence-electron chi connectivity index (χ3n) is 2.82. The van der Waals surface area contributed by atoms with Gasteiger partial charge in [-0.3, -0.25) is 9.59 Å². The van der Waals surface area contributed by atoms with Gasteiger partial charge in [-0.05, 0) is 6.42 Å². The van der Waals surface area contributed by atoms with Crippen molar-refractivity contribution in [2.75, 3.05) is 20.3 Å². The lowest BCUT2D eigenvalue weighted by Crippen LogP contribution is -2.44. The smallest absolute Gasteiger partial charge is 0.311 e. The minimum absolute atomic E-state index is 0.0679. The fourth-order valence-corrected chi connectivity index (χ4v) is 1.75. The molecule has 5 heteroatoms. The number of carbonyl (C=O) groups excluding carboxylic acids is 1. The molecule has 1 rings (SSSR count). The van der Waals surface area contributed by atoms with Crippen molar-refractivity contribution in [3.05, 3.63) is 12.7 Å². The number of allylic oxidation sites excluding steroid dienone is 1. The third-order valence-corrected chi connectivity index (χ3v) is 2.82. The van der Waals surface area contributed by atoms with Gasteiger partial charge in [-0.1, -0.05) is 6.08 Å². The van der Waals surface area contributed by atoms with Crippen molar-refractivity contribution in [1.82, 2.24) is 4.90 Å². The molecule has 0 aliphatic carbocycles. The first-order valence-corrected chi connectivity index (χ1v) is 5.25. The molecule has 5 nitrogen and oxygen atoms in total. The van der Waals surface area contributed by atoms with E-state index in [4.69, 9.17) is 9.84 Å². The zero-order chi connectivity index (χ0) is 12.1. The lowest BCUT2D eigenvalue weighted by molar-refractivity contribution is -0.144. The minimum Gasteiger partial charge on any atom is -0.481 e. The fourth-order valence-electron chi connectivity index (χ4n) is 1.75. The molecule has 16 heavy (non-hydrogen) atoms. The summed E-state index contributed by atoms with van der Waals surface area (Å²) in [6.45, 7) is 4.02. The molecule has 2 unspecified atom stereocenters. The van der Waals surface area contributed by atoms with Crippen LogP contribution in [0.2, 0.25) is 0 Å². The van der Waals surface area contributed by atoms with E-state index < -0.39 is 11.9 Å². The van der Waals surface area contributed by atoms with Crippen molar-refractivity contribution in [2.45, 2.75) is 18.9 Å². The zero-order valence-corrected chi connectivity index (χ0v) is 9.39. The molecule has 0 aromatic rings. The first-order valence-electron chi connectivity index (χ1n) is 5.25. The lowest BCUT2D eigenvalue weighted by atomic mass is 10.0. The Morgan fingerprint density at radius 3 is 2.81 bits per heavy atom. The summed E-state index contributed by atoms with van der Waals surface area (Å²) in [6.07, 6.45) is 2.64. The number of carboxylic acid groups (broad SMARTS) is 1. The molecule has 1 aliphatic heterocycles. The topological polar surface area (TPSA) is 66.8 Å². The molecule has 0 spiro atoms. The maximum atomic E-state index is 11.7. The van der Waals surface area contributed by atoms with Gasteiger partial charge in [-0.2, -0.15) is 0 Å². The van der Waals surface area contributed by atoms with Crippen molar-refractivity contribution in [2.24, 2.45) is 5.92 Å². The quantitative estimate of drug-likeness (QED) is 0.695. The van der Waals surface area contributed by atoms with Crippen LogP contribution in [-0.4, -0.2) is 48.2 Å². The lowest BCUT2D eigenvalue weighted by Gasteiger charge is -2.26. The zero-order valence-electron chi connectivity index (χ0n) is 9.39. The van der Waals surface area contributed by atoms with Gasteiger partial charge in [-0.25, -0.2) is 0 Å². The first kappa shape index (κ1) is 12.7. The van der Waals surface area contributed by atoms with Crippen LogP contribution in [0.3, 0.4) is 0 Å². The molecule has 1 aliphatic rings. The maximum Gasteiger partial charge on any atom is 0.311 e. The highest BCUT2D eigenvalue weighted by Gasteiger charge is 2.38. The Bertz CT molecular complexity index is 290. The summed E-state index contributed by atoms with van der Waals surface area (Å²) in [7, 11) is 1.63. The summed E-state index contributed by atoms with van der Waals surface area (Å²) in [6, 6.07) is -0.352. The number of nitrogens with zero attached hydrogens (tertiary/aromatic N) is 1. The second-order valence-electron chi connectivity index (χ2n) is 3.88. The summed E-state index contributed by atoms with van der Waals surface area (Å²) in [5, 5.41) is 8.96. The molecule has 0 saturated carbocycles. The van der Waals surface area contributed by atoms with E-state index in [-0.39, 0.29) is 18.6 Å². The number of aliphatic carboxylic acids is 1. The van der Waals surface area contributed by atoms with Crippen LogP contribution in [-0.2, 0) is 14.3 Å². The number of hydrogen-bond acceptors (Lipinski definition) is 3. The monoisotopic (exact) mass is 227 g/mol. The summed E-state index contributed by atoms with van der Waals surface area (Å²) >= 11 is 0. The predicted octanol–water partition coefficient (Wildman–Crippen LogP) is 0.511. The van der Waals surface area contributed by atoms with E-state index in [1.165, 1.54) is 4.90 Å². The Hall–Kier alpha value is -1.36. The van der Waals surface area contributed by atoms with Gasteiger partial charge in [-0.15, -0.1) is 6.58 Å². The van der Waals surface area contributed by atoms with E-state index in [9.17, 15) is 9.59 Å². The van der Waals surface area contributed by atoms with Gasteiger partial charge in [0.05, 0.1) is 19.3 Å². The molecule has 1 N–H and O–H groups in total. The number of ether oxygens (including phenoxy) is 1. The third kappa shape index (κ3) is 2.82. The van der Waals surface area contributed by atoms with E-state index in [1.807, 2.05) is 0 Å². The highest BCUT2D eigenvalue weighted by atomic mass is 16.5. The molecular formula is C11H17NO4. The molecule has 0 radical (unpaired) electrons. The number of hydrogen-bond donors (Lipinski definition) is 1. The van der Waals surface area contributed by atoms with Crippen LogP contribution in [0.25, 0.3) is 0 Å². The maximum absolute atomic E-state index is 11.7. The van der Waals surface area contributed by atoms with E-state index in [2.05, 4.69) is 6.58 Å². The van der Waals surface area contributed by atoms with Crippen LogP contribution in [0.15, 0.2) is 12.7 Å². The summed E-state index contributed by atoms with van der Waals surface area (Å²) in [5.41, 5.74) is 0. The molecule has 1 heterocycles. The Labute approximate surface area is 94.7 Å². The largest absolute Gasteiger partial charge is 0.481 e. The van der Waals surface area contributed by atoms with Crippen molar-refractivity contribution in [1.29, 1.82) is 0 Å². The van der Waals surface area contributed by atoms with Gasteiger partial charge in [0, 0.05) is 13.5 Å². The highest BCUT2D eigenvalue weighted by molar-refractivity contribution is 5.78. The normalized spacial score (nSPS) is 24.1. The molecular weight excluding hydrogens is 210 g/mol. The van der Waals surface area contributed by atoms with E-state index in [0.717, 1.165) is 0 Å².